The molecule has 0 saturated heterocycles. The summed E-state index contributed by atoms with van der Waals surface area (Å²) >= 11 is 5.92. The Morgan fingerprint density at radius 3 is 2.65 bits per heavy atom. The van der Waals surface area contributed by atoms with Gasteiger partial charge in [-0.1, -0.05) is 23.8 Å². The van der Waals surface area contributed by atoms with E-state index in [1.165, 1.54) is 6.07 Å². The predicted molar refractivity (Wildman–Crippen MR) is 71.4 cm³/mol. The molecule has 6 heteroatoms. The first kappa shape index (κ1) is 15.4. The molecular weight excluding hydrogens is 291 g/mol. The second kappa shape index (κ2) is 6.16. The zero-order valence-electron chi connectivity index (χ0n) is 10.6. The number of hydrogen-bond donors (Lipinski definition) is 2. The fourth-order valence-electron chi connectivity index (χ4n) is 2.19. The number of aliphatic hydroxyl groups is 1. The minimum absolute atomic E-state index is 0.0535. The van der Waals surface area contributed by atoms with Crippen molar-refractivity contribution in [3.63, 3.8) is 0 Å². The van der Waals surface area contributed by atoms with Crippen LogP contribution in [-0.4, -0.2) is 17.8 Å². The monoisotopic (exact) mass is 305 g/mol. The number of halogens is 4. The van der Waals surface area contributed by atoms with Crippen molar-refractivity contribution >= 4 is 11.6 Å². The van der Waals surface area contributed by atoms with Gasteiger partial charge in [0.05, 0.1) is 5.56 Å². The first-order valence-corrected chi connectivity index (χ1v) is 6.66. The molecule has 0 heterocycles. The lowest BCUT2D eigenvalue weighted by molar-refractivity contribution is -0.137. The van der Waals surface area contributed by atoms with Crippen molar-refractivity contribution in [2.45, 2.75) is 25.2 Å². The summed E-state index contributed by atoms with van der Waals surface area (Å²) in [6.07, 6.45) is 0.204. The Bertz CT molecular complexity index is 502. The Hall–Kier alpha value is -1.04. The fraction of sp³-hybridized carbons (Fsp3) is 0.429. The first-order chi connectivity index (χ1) is 9.40. The number of nitrogens with one attached hydrogen (secondary N) is 1. The van der Waals surface area contributed by atoms with Gasteiger partial charge < -0.3 is 10.4 Å². The second-order valence-corrected chi connectivity index (χ2v) is 5.26. The third-order valence-electron chi connectivity index (χ3n) is 3.33. The van der Waals surface area contributed by atoms with Gasteiger partial charge in [-0.15, -0.1) is 0 Å². The van der Waals surface area contributed by atoms with Crippen LogP contribution < -0.4 is 5.32 Å². The molecule has 110 valence electrons. The van der Waals surface area contributed by atoms with E-state index in [2.05, 4.69) is 5.32 Å². The van der Waals surface area contributed by atoms with Gasteiger partial charge in [0, 0.05) is 30.1 Å². The largest absolute Gasteiger partial charge is 0.416 e. The molecule has 0 radical (unpaired) electrons. The van der Waals surface area contributed by atoms with Gasteiger partial charge in [0.2, 0.25) is 0 Å². The number of aliphatic hydroxyl groups excluding tert-OH is 1. The zero-order chi connectivity index (χ0) is 14.8. The molecule has 0 aliphatic heterocycles. The van der Waals surface area contributed by atoms with Crippen LogP contribution in [0.4, 0.5) is 13.2 Å². The normalized spacial score (nSPS) is 22.4. The maximum atomic E-state index is 12.6. The highest BCUT2D eigenvalue weighted by atomic mass is 35.5. The molecule has 2 N–H and O–H groups in total. The van der Waals surface area contributed by atoms with E-state index in [0.717, 1.165) is 18.6 Å². The summed E-state index contributed by atoms with van der Waals surface area (Å²) in [5, 5.41) is 12.5. The van der Waals surface area contributed by atoms with Crippen molar-refractivity contribution in [2.75, 3.05) is 6.61 Å². The molecule has 0 amide bonds. The molecule has 2 nitrogen and oxygen atoms in total. The Kier molecular flexibility index (Phi) is 4.73. The first-order valence-electron chi connectivity index (χ1n) is 6.28. The van der Waals surface area contributed by atoms with E-state index in [-0.39, 0.29) is 25.1 Å². The van der Waals surface area contributed by atoms with E-state index >= 15 is 0 Å². The molecule has 0 bridgehead atoms. The van der Waals surface area contributed by atoms with Gasteiger partial charge in [-0.25, -0.2) is 0 Å². The van der Waals surface area contributed by atoms with Gasteiger partial charge in [0.25, 0.3) is 0 Å². The predicted octanol–water partition coefficient (Wildman–Crippen LogP) is 3.39. The Morgan fingerprint density at radius 1 is 1.30 bits per heavy atom. The summed E-state index contributed by atoms with van der Waals surface area (Å²) in [6, 6.07) is 3.36. The molecule has 1 aromatic rings. The summed E-state index contributed by atoms with van der Waals surface area (Å²) < 4.78 is 37.9. The van der Waals surface area contributed by atoms with Crippen LogP contribution in [0.5, 0.6) is 0 Å². The van der Waals surface area contributed by atoms with Gasteiger partial charge in [-0.2, -0.15) is 13.2 Å². The van der Waals surface area contributed by atoms with Crippen LogP contribution in [-0.2, 0) is 12.7 Å². The molecule has 0 saturated carbocycles. The maximum Gasteiger partial charge on any atom is 0.416 e. The van der Waals surface area contributed by atoms with E-state index in [1.807, 2.05) is 12.2 Å². The van der Waals surface area contributed by atoms with Crippen molar-refractivity contribution in [1.82, 2.24) is 5.32 Å². The second-order valence-electron chi connectivity index (χ2n) is 4.85. The molecular formula is C14H15ClF3NO. The van der Waals surface area contributed by atoms with Crippen LogP contribution in [0.2, 0.25) is 5.02 Å². The van der Waals surface area contributed by atoms with Crippen LogP contribution in [0.25, 0.3) is 0 Å². The minimum Gasteiger partial charge on any atom is -0.396 e. The van der Waals surface area contributed by atoms with E-state index < -0.39 is 11.7 Å². The molecule has 0 unspecified atom stereocenters. The van der Waals surface area contributed by atoms with Crippen LogP contribution >= 0.6 is 11.6 Å². The maximum absolute atomic E-state index is 12.6. The highest BCUT2D eigenvalue weighted by Gasteiger charge is 2.31. The lowest BCUT2D eigenvalue weighted by Crippen LogP contribution is -2.26. The number of hydrogen-bond acceptors (Lipinski definition) is 2. The van der Waals surface area contributed by atoms with Crippen LogP contribution in [0.1, 0.15) is 17.5 Å². The van der Waals surface area contributed by atoms with E-state index in [0.29, 0.717) is 10.6 Å². The van der Waals surface area contributed by atoms with Gasteiger partial charge >= 0.3 is 6.18 Å². The van der Waals surface area contributed by atoms with Crippen LogP contribution in [0.3, 0.4) is 0 Å². The Balaban J connectivity index is 2.01. The zero-order valence-corrected chi connectivity index (χ0v) is 11.4. The Morgan fingerprint density at radius 2 is 2.05 bits per heavy atom. The van der Waals surface area contributed by atoms with E-state index in [9.17, 15) is 13.2 Å². The highest BCUT2D eigenvalue weighted by molar-refractivity contribution is 6.31. The lowest BCUT2D eigenvalue weighted by Gasteiger charge is -2.15. The van der Waals surface area contributed by atoms with Crippen molar-refractivity contribution < 1.29 is 18.3 Å². The average Bonchev–Trinajstić information content (AvgIpc) is 2.84. The summed E-state index contributed by atoms with van der Waals surface area (Å²) in [4.78, 5) is 0. The number of benzene rings is 1. The van der Waals surface area contributed by atoms with Crippen LogP contribution in [0, 0.1) is 5.92 Å². The minimum atomic E-state index is -4.37. The van der Waals surface area contributed by atoms with Crippen molar-refractivity contribution in [3.8, 4) is 0 Å². The van der Waals surface area contributed by atoms with E-state index in [1.54, 1.807) is 0 Å². The summed E-state index contributed by atoms with van der Waals surface area (Å²) in [5.74, 6) is 0.115. The summed E-state index contributed by atoms with van der Waals surface area (Å²) in [6.45, 7) is 0.342. The molecule has 0 aromatic heterocycles. The molecule has 1 aliphatic rings. The summed E-state index contributed by atoms with van der Waals surface area (Å²) in [5.41, 5.74) is -0.281. The van der Waals surface area contributed by atoms with Crippen molar-refractivity contribution in [1.29, 1.82) is 0 Å². The standard InChI is InChI=1S/C14H15ClF3NO/c15-13-4-2-11(14(16,17)18)6-10(13)7-19-12-3-1-9(5-12)8-20/h1-4,6,9,12,19-20H,5,7-8H2/t9-,12+/m0/s1. The highest BCUT2D eigenvalue weighted by Crippen LogP contribution is 2.31. The molecule has 0 fully saturated rings. The smallest absolute Gasteiger partial charge is 0.396 e. The van der Waals surface area contributed by atoms with Gasteiger partial charge in [-0.3, -0.25) is 0 Å². The Labute approximate surface area is 120 Å². The molecule has 2 atom stereocenters. The van der Waals surface area contributed by atoms with Gasteiger partial charge in [-0.05, 0) is 30.2 Å². The molecule has 20 heavy (non-hydrogen) atoms. The lowest BCUT2D eigenvalue weighted by atomic mass is 10.1. The third-order valence-corrected chi connectivity index (χ3v) is 3.70. The number of alkyl halides is 3. The van der Waals surface area contributed by atoms with Gasteiger partial charge in [0.15, 0.2) is 0 Å². The topological polar surface area (TPSA) is 32.3 Å². The fourth-order valence-corrected chi connectivity index (χ4v) is 2.37. The molecule has 1 aliphatic carbocycles. The van der Waals surface area contributed by atoms with Crippen LogP contribution in [0.15, 0.2) is 30.4 Å². The molecule has 0 spiro atoms. The SMILES string of the molecule is OC[C@H]1C=C[C@@H](NCc2cc(C(F)(F)F)ccc2Cl)C1. The number of rotatable bonds is 4. The molecule has 1 aromatic carbocycles. The summed E-state index contributed by atoms with van der Waals surface area (Å²) in [7, 11) is 0. The van der Waals surface area contributed by atoms with Gasteiger partial charge in [0.1, 0.15) is 0 Å². The van der Waals surface area contributed by atoms with Crippen molar-refractivity contribution in [3.05, 3.63) is 46.5 Å². The average molecular weight is 306 g/mol. The third kappa shape index (κ3) is 3.75. The van der Waals surface area contributed by atoms with E-state index in [4.69, 9.17) is 16.7 Å². The van der Waals surface area contributed by atoms with Crippen molar-refractivity contribution in [2.24, 2.45) is 5.92 Å². The quantitative estimate of drug-likeness (QED) is 0.836. The molecule has 2 rings (SSSR count).